The maximum atomic E-state index is 11.4. The van der Waals surface area contributed by atoms with E-state index >= 15 is 0 Å². The van der Waals surface area contributed by atoms with Crippen LogP contribution in [-0.4, -0.2) is 22.6 Å². The summed E-state index contributed by atoms with van der Waals surface area (Å²) in [4.78, 5) is 11.4. The molecule has 100 valence electrons. The Bertz CT molecular complexity index is 381. The molecule has 3 nitrogen and oxygen atoms in total. The molecule has 1 unspecified atom stereocenters. The second-order valence-electron chi connectivity index (χ2n) is 4.88. The Labute approximate surface area is 113 Å². The fourth-order valence-corrected chi connectivity index (χ4v) is 2.95. The van der Waals surface area contributed by atoms with Gasteiger partial charge in [0, 0.05) is 5.75 Å². The van der Waals surface area contributed by atoms with E-state index in [-0.39, 0.29) is 0 Å². The maximum Gasteiger partial charge on any atom is 0.329 e. The van der Waals surface area contributed by atoms with Gasteiger partial charge in [-0.2, -0.15) is 11.8 Å². The lowest BCUT2D eigenvalue weighted by molar-refractivity contribution is -0.142. The monoisotopic (exact) mass is 267 g/mol. The van der Waals surface area contributed by atoms with E-state index in [0.29, 0.717) is 17.2 Å². The van der Waals surface area contributed by atoms with E-state index < -0.39 is 11.5 Å². The Balaban J connectivity index is 2.67. The average Bonchev–Trinajstić information content (AvgIpc) is 2.35. The molecule has 0 aromatic heterocycles. The molecule has 0 radical (unpaired) electrons. The summed E-state index contributed by atoms with van der Waals surface area (Å²) >= 11 is 1.61. The van der Waals surface area contributed by atoms with Crippen molar-refractivity contribution in [1.29, 1.82) is 0 Å². The molecule has 0 saturated heterocycles. The van der Waals surface area contributed by atoms with E-state index in [1.807, 2.05) is 18.2 Å². The average molecular weight is 267 g/mol. The van der Waals surface area contributed by atoms with Gasteiger partial charge in [0.25, 0.3) is 0 Å². The molecule has 1 atom stereocenters. The maximum absolute atomic E-state index is 11.4. The largest absolute Gasteiger partial charge is 0.480 e. The number of hydrogen-bond acceptors (Lipinski definition) is 3. The summed E-state index contributed by atoms with van der Waals surface area (Å²) in [6.07, 6.45) is 1.08. The number of hydrogen-bond donors (Lipinski definition) is 2. The van der Waals surface area contributed by atoms with Crippen LogP contribution in [0.1, 0.15) is 25.8 Å². The van der Waals surface area contributed by atoms with Crippen LogP contribution in [0.25, 0.3) is 0 Å². The lowest BCUT2D eigenvalue weighted by Crippen LogP contribution is -2.47. The van der Waals surface area contributed by atoms with Crippen LogP contribution in [0.15, 0.2) is 30.3 Å². The number of carboxylic acid groups (broad SMARTS) is 1. The molecule has 0 heterocycles. The van der Waals surface area contributed by atoms with Crippen molar-refractivity contribution in [2.45, 2.75) is 25.8 Å². The molecule has 3 N–H and O–H groups in total. The fourth-order valence-electron chi connectivity index (χ4n) is 1.56. The Morgan fingerprint density at radius 1 is 1.39 bits per heavy atom. The first kappa shape index (κ1) is 15.1. The van der Waals surface area contributed by atoms with Crippen LogP contribution < -0.4 is 5.73 Å². The molecule has 0 fully saturated rings. The van der Waals surface area contributed by atoms with Crippen LogP contribution in [0.3, 0.4) is 0 Å². The Kier molecular flexibility index (Phi) is 5.69. The van der Waals surface area contributed by atoms with Gasteiger partial charge in [-0.25, -0.2) is 4.79 Å². The van der Waals surface area contributed by atoms with E-state index in [9.17, 15) is 9.90 Å². The summed E-state index contributed by atoms with van der Waals surface area (Å²) in [5, 5.41) is 9.36. The minimum atomic E-state index is -1.29. The van der Waals surface area contributed by atoms with Crippen LogP contribution >= 0.6 is 11.8 Å². The van der Waals surface area contributed by atoms with Crippen LogP contribution in [0.4, 0.5) is 0 Å². The van der Waals surface area contributed by atoms with Crippen molar-refractivity contribution in [2.75, 3.05) is 11.5 Å². The third-order valence-corrected chi connectivity index (χ3v) is 4.02. The SMILES string of the molecule is CC(C)CCSCC(N)(C(=O)O)c1ccccc1. The van der Waals surface area contributed by atoms with Gasteiger partial charge in [0.1, 0.15) is 5.54 Å². The van der Waals surface area contributed by atoms with Crippen LogP contribution in [0, 0.1) is 5.92 Å². The van der Waals surface area contributed by atoms with E-state index in [2.05, 4.69) is 13.8 Å². The highest BCUT2D eigenvalue weighted by Gasteiger charge is 2.35. The van der Waals surface area contributed by atoms with Gasteiger partial charge >= 0.3 is 5.97 Å². The Morgan fingerprint density at radius 3 is 2.50 bits per heavy atom. The Morgan fingerprint density at radius 2 is 2.00 bits per heavy atom. The number of benzene rings is 1. The molecule has 1 aromatic rings. The topological polar surface area (TPSA) is 63.3 Å². The molecular formula is C14H21NO2S. The van der Waals surface area contributed by atoms with Gasteiger partial charge in [-0.05, 0) is 23.7 Å². The second-order valence-corrected chi connectivity index (χ2v) is 5.98. The van der Waals surface area contributed by atoms with Crippen molar-refractivity contribution in [1.82, 2.24) is 0 Å². The lowest BCUT2D eigenvalue weighted by atomic mass is 9.93. The third kappa shape index (κ3) is 4.03. The molecule has 0 aliphatic carbocycles. The number of nitrogens with two attached hydrogens (primary N) is 1. The molecule has 0 aliphatic rings. The number of aliphatic carboxylic acids is 1. The highest BCUT2D eigenvalue weighted by molar-refractivity contribution is 7.99. The number of thioether (sulfide) groups is 1. The quantitative estimate of drug-likeness (QED) is 0.746. The zero-order valence-electron chi connectivity index (χ0n) is 10.9. The summed E-state index contributed by atoms with van der Waals surface area (Å²) in [7, 11) is 0. The normalized spacial score (nSPS) is 14.4. The van der Waals surface area contributed by atoms with Gasteiger partial charge in [0.15, 0.2) is 0 Å². The summed E-state index contributed by atoms with van der Waals surface area (Å²) in [6, 6.07) is 9.04. The zero-order valence-corrected chi connectivity index (χ0v) is 11.7. The minimum Gasteiger partial charge on any atom is -0.480 e. The molecule has 1 rings (SSSR count). The van der Waals surface area contributed by atoms with Gasteiger partial charge in [-0.3, -0.25) is 0 Å². The van der Waals surface area contributed by atoms with Gasteiger partial charge in [-0.15, -0.1) is 0 Å². The first-order chi connectivity index (χ1) is 8.47. The first-order valence-corrected chi connectivity index (χ1v) is 7.28. The molecule has 18 heavy (non-hydrogen) atoms. The first-order valence-electron chi connectivity index (χ1n) is 6.12. The van der Waals surface area contributed by atoms with E-state index in [1.165, 1.54) is 0 Å². The molecule has 0 spiro atoms. The summed E-state index contributed by atoms with van der Waals surface area (Å²) in [5.74, 6) is 1.01. The van der Waals surface area contributed by atoms with Gasteiger partial charge < -0.3 is 10.8 Å². The van der Waals surface area contributed by atoms with Crippen LogP contribution in [0.5, 0.6) is 0 Å². The molecular weight excluding hydrogens is 246 g/mol. The Hall–Kier alpha value is -1.00. The van der Waals surface area contributed by atoms with Crippen molar-refractivity contribution in [3.05, 3.63) is 35.9 Å². The predicted octanol–water partition coefficient (Wildman–Crippen LogP) is 2.70. The summed E-state index contributed by atoms with van der Waals surface area (Å²) in [6.45, 7) is 4.31. The molecule has 0 aliphatic heterocycles. The highest BCUT2D eigenvalue weighted by atomic mass is 32.2. The molecule has 1 aromatic carbocycles. The smallest absolute Gasteiger partial charge is 0.329 e. The van der Waals surface area contributed by atoms with Crippen molar-refractivity contribution in [2.24, 2.45) is 11.7 Å². The number of carbonyl (C=O) groups is 1. The number of rotatable bonds is 7. The molecule has 0 bridgehead atoms. The summed E-state index contributed by atoms with van der Waals surface area (Å²) < 4.78 is 0. The van der Waals surface area contributed by atoms with E-state index in [1.54, 1.807) is 23.9 Å². The molecule has 4 heteroatoms. The highest BCUT2D eigenvalue weighted by Crippen LogP contribution is 2.24. The summed E-state index contributed by atoms with van der Waals surface area (Å²) in [5.41, 5.74) is 5.43. The van der Waals surface area contributed by atoms with Crippen LogP contribution in [-0.2, 0) is 10.3 Å². The zero-order chi connectivity index (χ0) is 13.6. The van der Waals surface area contributed by atoms with Crippen molar-refractivity contribution < 1.29 is 9.90 Å². The van der Waals surface area contributed by atoms with Gasteiger partial charge in [0.05, 0.1) is 0 Å². The molecule has 0 amide bonds. The van der Waals surface area contributed by atoms with E-state index in [4.69, 9.17) is 5.73 Å². The number of carboxylic acids is 1. The predicted molar refractivity (Wildman–Crippen MR) is 76.7 cm³/mol. The van der Waals surface area contributed by atoms with Crippen molar-refractivity contribution in [3.8, 4) is 0 Å². The molecule has 0 saturated carbocycles. The minimum absolute atomic E-state index is 0.402. The van der Waals surface area contributed by atoms with Crippen LogP contribution in [0.2, 0.25) is 0 Å². The van der Waals surface area contributed by atoms with E-state index in [0.717, 1.165) is 12.2 Å². The third-order valence-electron chi connectivity index (χ3n) is 2.84. The standard InChI is InChI=1S/C14H21NO2S/c1-11(2)8-9-18-10-14(15,13(16)17)12-6-4-3-5-7-12/h3-7,11H,8-10,15H2,1-2H3,(H,16,17). The second kappa shape index (κ2) is 6.81. The van der Waals surface area contributed by atoms with Crippen molar-refractivity contribution >= 4 is 17.7 Å². The lowest BCUT2D eigenvalue weighted by Gasteiger charge is -2.25. The van der Waals surface area contributed by atoms with Crippen molar-refractivity contribution in [3.63, 3.8) is 0 Å². The van der Waals surface area contributed by atoms with Gasteiger partial charge in [-0.1, -0.05) is 44.2 Å². The fraction of sp³-hybridized carbons (Fsp3) is 0.500. The van der Waals surface area contributed by atoms with Gasteiger partial charge in [0.2, 0.25) is 0 Å².